The van der Waals surface area contributed by atoms with Crippen LogP contribution in [0, 0.1) is 0 Å². The monoisotopic (exact) mass is 393 g/mol. The molecule has 26 heavy (non-hydrogen) atoms. The Morgan fingerprint density at radius 3 is 2.58 bits per heavy atom. The first-order valence-electron chi connectivity index (χ1n) is 8.73. The van der Waals surface area contributed by atoms with Crippen LogP contribution in [0.5, 0.6) is 11.5 Å². The van der Waals surface area contributed by atoms with Gasteiger partial charge in [0.25, 0.3) is 0 Å². The van der Waals surface area contributed by atoms with Gasteiger partial charge in [-0.25, -0.2) is 8.42 Å². The van der Waals surface area contributed by atoms with E-state index in [-0.39, 0.29) is 16.0 Å². The average molecular weight is 394 g/mol. The zero-order valence-corrected chi connectivity index (χ0v) is 15.8. The van der Waals surface area contributed by atoms with E-state index < -0.39 is 10.0 Å². The van der Waals surface area contributed by atoms with Crippen molar-refractivity contribution in [3.8, 4) is 11.5 Å². The Labute approximate surface area is 158 Å². The maximum Gasteiger partial charge on any atom is 0.245 e. The number of fused-ring (bicyclic) bond motifs is 1. The number of rotatable bonds is 3. The van der Waals surface area contributed by atoms with E-state index in [4.69, 9.17) is 21.1 Å². The van der Waals surface area contributed by atoms with Gasteiger partial charge in [-0.15, -0.1) is 0 Å². The maximum atomic E-state index is 13.2. The van der Waals surface area contributed by atoms with Crippen LogP contribution in [0.2, 0.25) is 5.02 Å². The molecule has 2 aliphatic rings. The molecule has 4 rings (SSSR count). The Hall–Kier alpha value is -1.76. The molecule has 0 aromatic heterocycles. The second kappa shape index (κ2) is 7.10. The minimum absolute atomic E-state index is 0.155. The molecule has 1 atom stereocenters. The standard InChI is InChI=1S/C19H20ClNO4S/c20-15-5-1-2-7-19(15)26(22,23)21-10-3-6-16(21)14-8-9-17-18(13-14)25-12-4-11-24-17/h1-2,5,7-9,13,16H,3-4,6,10-12H2/t16-/m1/s1. The summed E-state index contributed by atoms with van der Waals surface area (Å²) in [6.45, 7) is 1.71. The fourth-order valence-corrected chi connectivity index (χ4v) is 5.71. The van der Waals surface area contributed by atoms with Gasteiger partial charge in [-0.3, -0.25) is 0 Å². The van der Waals surface area contributed by atoms with E-state index in [0.717, 1.165) is 24.8 Å². The summed E-state index contributed by atoms with van der Waals surface area (Å²) in [7, 11) is -3.67. The van der Waals surface area contributed by atoms with E-state index in [1.54, 1.807) is 28.6 Å². The zero-order chi connectivity index (χ0) is 18.1. The molecule has 0 amide bonds. The molecule has 2 aliphatic heterocycles. The van der Waals surface area contributed by atoms with Crippen molar-refractivity contribution in [2.45, 2.75) is 30.2 Å². The molecule has 7 heteroatoms. The van der Waals surface area contributed by atoms with Crippen molar-refractivity contribution in [2.75, 3.05) is 19.8 Å². The van der Waals surface area contributed by atoms with E-state index >= 15 is 0 Å². The second-order valence-corrected chi connectivity index (χ2v) is 8.73. The predicted octanol–water partition coefficient (Wildman–Crippen LogP) is 4.03. The number of ether oxygens (including phenoxy) is 2. The van der Waals surface area contributed by atoms with Crippen molar-refractivity contribution < 1.29 is 17.9 Å². The molecule has 0 saturated carbocycles. The van der Waals surface area contributed by atoms with Crippen LogP contribution in [0.15, 0.2) is 47.4 Å². The van der Waals surface area contributed by atoms with E-state index in [1.807, 2.05) is 18.2 Å². The van der Waals surface area contributed by atoms with Crippen molar-refractivity contribution in [1.29, 1.82) is 0 Å². The van der Waals surface area contributed by atoms with E-state index in [2.05, 4.69) is 0 Å². The normalized spacial score (nSPS) is 20.7. The number of hydrogen-bond acceptors (Lipinski definition) is 4. The summed E-state index contributed by atoms with van der Waals surface area (Å²) < 4.78 is 39.3. The topological polar surface area (TPSA) is 55.8 Å². The van der Waals surface area contributed by atoms with Gasteiger partial charge < -0.3 is 9.47 Å². The molecule has 0 spiro atoms. The molecule has 5 nitrogen and oxygen atoms in total. The van der Waals surface area contributed by atoms with Gasteiger partial charge in [-0.05, 0) is 42.7 Å². The lowest BCUT2D eigenvalue weighted by molar-refractivity contribution is 0.296. The third kappa shape index (κ3) is 3.17. The molecule has 1 fully saturated rings. The molecule has 2 aromatic carbocycles. The number of sulfonamides is 1. The summed E-state index contributed by atoms with van der Waals surface area (Å²) in [5.74, 6) is 1.40. The molecule has 0 radical (unpaired) electrons. The maximum absolute atomic E-state index is 13.2. The Kier molecular flexibility index (Phi) is 4.82. The van der Waals surface area contributed by atoms with E-state index in [0.29, 0.717) is 31.3 Å². The van der Waals surface area contributed by atoms with Gasteiger partial charge in [0.15, 0.2) is 11.5 Å². The first kappa shape index (κ1) is 17.6. The Bertz CT molecular complexity index is 916. The number of hydrogen-bond donors (Lipinski definition) is 0. The summed E-state index contributed by atoms with van der Waals surface area (Å²) in [4.78, 5) is 0.155. The van der Waals surface area contributed by atoms with Crippen molar-refractivity contribution >= 4 is 21.6 Å². The highest BCUT2D eigenvalue weighted by Crippen LogP contribution is 2.41. The highest BCUT2D eigenvalue weighted by molar-refractivity contribution is 7.89. The smallest absolute Gasteiger partial charge is 0.245 e. The zero-order valence-electron chi connectivity index (χ0n) is 14.2. The molecule has 2 aromatic rings. The number of nitrogens with zero attached hydrogens (tertiary/aromatic N) is 1. The van der Waals surface area contributed by atoms with Gasteiger partial charge in [0.05, 0.1) is 24.3 Å². The quantitative estimate of drug-likeness (QED) is 0.790. The van der Waals surface area contributed by atoms with Crippen LogP contribution >= 0.6 is 11.6 Å². The minimum Gasteiger partial charge on any atom is -0.490 e. The van der Waals surface area contributed by atoms with Crippen molar-refractivity contribution in [1.82, 2.24) is 4.31 Å². The SMILES string of the molecule is O=S(=O)(c1ccccc1Cl)N1CCC[C@@H]1c1ccc2c(c1)OCCCO2. The summed E-state index contributed by atoms with van der Waals surface area (Å²) in [5, 5.41) is 0.247. The van der Waals surface area contributed by atoms with Crippen LogP contribution in [0.3, 0.4) is 0 Å². The van der Waals surface area contributed by atoms with Gasteiger partial charge in [0, 0.05) is 13.0 Å². The molecular formula is C19H20ClNO4S. The van der Waals surface area contributed by atoms with E-state index in [9.17, 15) is 8.42 Å². The van der Waals surface area contributed by atoms with Crippen LogP contribution in [0.1, 0.15) is 30.9 Å². The average Bonchev–Trinajstić information content (AvgIpc) is 3.02. The molecule has 2 heterocycles. The van der Waals surface area contributed by atoms with Gasteiger partial charge >= 0.3 is 0 Å². The number of halogens is 1. The molecule has 0 aliphatic carbocycles. The lowest BCUT2D eigenvalue weighted by atomic mass is 10.0. The predicted molar refractivity (Wildman–Crippen MR) is 99.4 cm³/mol. The first-order valence-corrected chi connectivity index (χ1v) is 10.5. The third-order valence-electron chi connectivity index (χ3n) is 4.78. The largest absolute Gasteiger partial charge is 0.490 e. The summed E-state index contributed by atoms with van der Waals surface area (Å²) >= 11 is 6.15. The number of benzene rings is 2. The lowest BCUT2D eigenvalue weighted by Crippen LogP contribution is -2.30. The van der Waals surface area contributed by atoms with Crippen LogP contribution in [0.25, 0.3) is 0 Å². The van der Waals surface area contributed by atoms with Crippen LogP contribution in [-0.4, -0.2) is 32.5 Å². The van der Waals surface area contributed by atoms with Gasteiger partial charge in [-0.1, -0.05) is 29.8 Å². The Morgan fingerprint density at radius 1 is 1.00 bits per heavy atom. The van der Waals surface area contributed by atoms with Gasteiger partial charge in [0.1, 0.15) is 4.90 Å². The highest BCUT2D eigenvalue weighted by atomic mass is 35.5. The summed E-state index contributed by atoms with van der Waals surface area (Å²) in [6.07, 6.45) is 2.41. The van der Waals surface area contributed by atoms with Crippen LogP contribution in [0.4, 0.5) is 0 Å². The van der Waals surface area contributed by atoms with Gasteiger partial charge in [0.2, 0.25) is 10.0 Å². The van der Waals surface area contributed by atoms with E-state index in [1.165, 1.54) is 0 Å². The molecule has 0 unspecified atom stereocenters. The highest BCUT2D eigenvalue weighted by Gasteiger charge is 2.37. The van der Waals surface area contributed by atoms with Crippen LogP contribution < -0.4 is 9.47 Å². The van der Waals surface area contributed by atoms with Crippen molar-refractivity contribution in [3.05, 3.63) is 53.1 Å². The third-order valence-corrected chi connectivity index (χ3v) is 7.19. The van der Waals surface area contributed by atoms with Gasteiger partial charge in [-0.2, -0.15) is 4.31 Å². The first-order chi connectivity index (χ1) is 12.6. The molecule has 138 valence electrons. The van der Waals surface area contributed by atoms with Crippen molar-refractivity contribution in [2.24, 2.45) is 0 Å². The lowest BCUT2D eigenvalue weighted by Gasteiger charge is -2.25. The molecule has 1 saturated heterocycles. The molecule has 0 N–H and O–H groups in total. The second-order valence-electron chi connectivity index (χ2n) is 6.46. The van der Waals surface area contributed by atoms with Crippen molar-refractivity contribution in [3.63, 3.8) is 0 Å². The van der Waals surface area contributed by atoms with Crippen LogP contribution in [-0.2, 0) is 10.0 Å². The summed E-state index contributed by atoms with van der Waals surface area (Å²) in [5.41, 5.74) is 0.919. The Balaban J connectivity index is 1.69. The molecule has 0 bridgehead atoms. The fourth-order valence-electron chi connectivity index (χ4n) is 3.53. The Morgan fingerprint density at radius 2 is 1.77 bits per heavy atom. The summed E-state index contributed by atoms with van der Waals surface area (Å²) in [6, 6.07) is 12.1. The molecular weight excluding hydrogens is 374 g/mol. The minimum atomic E-state index is -3.67. The fraction of sp³-hybridized carbons (Fsp3) is 0.368.